The van der Waals surface area contributed by atoms with Crippen LogP contribution in [-0.4, -0.2) is 0 Å². The van der Waals surface area contributed by atoms with Crippen LogP contribution in [0.1, 0.15) is 96.0 Å². The zero-order valence-electron chi connectivity index (χ0n) is 28.5. The first-order valence-corrected chi connectivity index (χ1v) is 16.2. The van der Waals surface area contributed by atoms with E-state index in [0.717, 1.165) is 6.42 Å². The molecular formula is C43H54. The van der Waals surface area contributed by atoms with Crippen LogP contribution in [0.15, 0.2) is 109 Å². The number of rotatable bonds is 5. The van der Waals surface area contributed by atoms with Crippen LogP contribution in [0.25, 0.3) is 39.1 Å². The Labute approximate surface area is 263 Å². The van der Waals surface area contributed by atoms with Crippen molar-refractivity contribution in [3.05, 3.63) is 137 Å². The van der Waals surface area contributed by atoms with Crippen LogP contribution in [0.5, 0.6) is 0 Å². The van der Waals surface area contributed by atoms with Gasteiger partial charge in [-0.25, -0.2) is 0 Å². The Morgan fingerprint density at radius 3 is 2.02 bits per heavy atom. The second-order valence-corrected chi connectivity index (χ2v) is 10.9. The van der Waals surface area contributed by atoms with Gasteiger partial charge in [-0.2, -0.15) is 0 Å². The van der Waals surface area contributed by atoms with E-state index < -0.39 is 0 Å². The molecule has 0 aliphatic heterocycles. The minimum absolute atomic E-state index is 0.645. The van der Waals surface area contributed by atoms with Gasteiger partial charge in [0.05, 0.1) is 0 Å². The van der Waals surface area contributed by atoms with Crippen molar-refractivity contribution in [1.82, 2.24) is 0 Å². The lowest BCUT2D eigenvalue weighted by Gasteiger charge is -2.20. The fourth-order valence-electron chi connectivity index (χ4n) is 5.48. The Morgan fingerprint density at radius 2 is 1.42 bits per heavy atom. The number of hydrogen-bond donors (Lipinski definition) is 0. The molecule has 0 saturated heterocycles. The molecule has 0 atom stereocenters. The Bertz CT molecular complexity index is 1560. The predicted molar refractivity (Wildman–Crippen MR) is 198 cm³/mol. The number of fused-ring (bicyclic) bond motifs is 1. The third kappa shape index (κ3) is 9.04. The maximum atomic E-state index is 4.08. The summed E-state index contributed by atoms with van der Waals surface area (Å²) in [6.07, 6.45) is 11.1. The Morgan fingerprint density at radius 1 is 0.767 bits per heavy atom. The summed E-state index contributed by atoms with van der Waals surface area (Å²) < 4.78 is 0. The van der Waals surface area contributed by atoms with Gasteiger partial charge in [0.2, 0.25) is 0 Å². The Hall–Kier alpha value is -3.90. The van der Waals surface area contributed by atoms with Gasteiger partial charge in [-0.1, -0.05) is 151 Å². The van der Waals surface area contributed by atoms with E-state index in [1.54, 1.807) is 5.57 Å². The molecule has 0 fully saturated rings. The van der Waals surface area contributed by atoms with Gasteiger partial charge in [-0.05, 0) is 113 Å². The largest absolute Gasteiger partial charge is 0.0984 e. The molecule has 0 bridgehead atoms. The number of aryl methyl sites for hydroxylation is 2. The number of benzene rings is 4. The van der Waals surface area contributed by atoms with Crippen molar-refractivity contribution < 1.29 is 0 Å². The van der Waals surface area contributed by atoms with Gasteiger partial charge in [0.15, 0.2) is 0 Å². The van der Waals surface area contributed by atoms with Crippen molar-refractivity contribution in [2.45, 2.75) is 82.1 Å². The Balaban J connectivity index is 0.000000303. The molecule has 43 heavy (non-hydrogen) atoms. The fourth-order valence-corrected chi connectivity index (χ4v) is 5.48. The molecule has 1 aliphatic rings. The highest BCUT2D eigenvalue weighted by Crippen LogP contribution is 2.36. The van der Waals surface area contributed by atoms with E-state index in [1.807, 2.05) is 33.8 Å². The van der Waals surface area contributed by atoms with Crippen LogP contribution >= 0.6 is 0 Å². The Kier molecular flexibility index (Phi) is 14.7. The topological polar surface area (TPSA) is 0 Å². The van der Waals surface area contributed by atoms with Crippen LogP contribution in [0.4, 0.5) is 0 Å². The highest BCUT2D eigenvalue weighted by Gasteiger charge is 2.15. The molecule has 1 aliphatic carbocycles. The van der Waals surface area contributed by atoms with E-state index in [0.29, 0.717) is 5.92 Å². The summed E-state index contributed by atoms with van der Waals surface area (Å²) >= 11 is 0. The van der Waals surface area contributed by atoms with Crippen molar-refractivity contribution in [2.75, 3.05) is 0 Å². The van der Waals surface area contributed by atoms with E-state index in [-0.39, 0.29) is 0 Å². The maximum absolute atomic E-state index is 4.08. The van der Waals surface area contributed by atoms with Gasteiger partial charge in [0.25, 0.3) is 0 Å². The average Bonchev–Trinajstić information content (AvgIpc) is 3.06. The molecule has 0 heterocycles. The highest BCUT2D eigenvalue weighted by atomic mass is 14.2. The third-order valence-corrected chi connectivity index (χ3v) is 7.94. The van der Waals surface area contributed by atoms with Gasteiger partial charge < -0.3 is 0 Å². The predicted octanol–water partition coefficient (Wildman–Crippen LogP) is 13.7. The van der Waals surface area contributed by atoms with Gasteiger partial charge >= 0.3 is 0 Å². The molecule has 5 rings (SSSR count). The normalized spacial score (nSPS) is 12.5. The van der Waals surface area contributed by atoms with Crippen LogP contribution in [0.3, 0.4) is 0 Å². The minimum atomic E-state index is 0.645. The smallest absolute Gasteiger partial charge is 0.00793 e. The van der Waals surface area contributed by atoms with Crippen LogP contribution in [-0.2, 0) is 0 Å². The molecule has 0 saturated carbocycles. The lowest BCUT2D eigenvalue weighted by molar-refractivity contribution is 0.713. The first-order valence-electron chi connectivity index (χ1n) is 16.2. The summed E-state index contributed by atoms with van der Waals surface area (Å²) in [7, 11) is 0. The molecule has 0 unspecified atom stereocenters. The summed E-state index contributed by atoms with van der Waals surface area (Å²) in [5, 5.41) is 2.65. The fraction of sp³-hybridized carbons (Fsp3) is 0.302. The van der Waals surface area contributed by atoms with E-state index in [9.17, 15) is 0 Å². The minimum Gasteiger partial charge on any atom is -0.0984 e. The highest BCUT2D eigenvalue weighted by molar-refractivity contribution is 5.93. The summed E-state index contributed by atoms with van der Waals surface area (Å²) in [6.45, 7) is 25.3. The molecule has 0 heteroatoms. The molecule has 0 spiro atoms. The zero-order valence-corrected chi connectivity index (χ0v) is 28.5. The summed E-state index contributed by atoms with van der Waals surface area (Å²) in [4.78, 5) is 0. The molecule has 0 radical (unpaired) electrons. The van der Waals surface area contributed by atoms with E-state index in [2.05, 4.69) is 145 Å². The molecular weight excluding hydrogens is 516 g/mol. The average molecular weight is 571 g/mol. The number of allylic oxidation sites excluding steroid dienone is 6. The molecule has 0 nitrogen and oxygen atoms in total. The molecule has 226 valence electrons. The van der Waals surface area contributed by atoms with E-state index >= 15 is 0 Å². The van der Waals surface area contributed by atoms with Crippen molar-refractivity contribution in [3.8, 4) is 11.1 Å². The van der Waals surface area contributed by atoms with Crippen LogP contribution in [0, 0.1) is 19.8 Å². The third-order valence-electron chi connectivity index (χ3n) is 7.94. The first kappa shape index (κ1) is 35.3. The second kappa shape index (κ2) is 17.9. The standard InChI is InChI=1S/C25H28.C14H14.2C2H6/c1-6-20-16-23(22-13-11-21(12-14-22)17(2)3)15-19(5)25(20)24-10-8-7-9-18(24)4;1-3-11(2)13-10-6-8-12-7-4-5-9-14(12)13;2*1-2/h6-11,13,15-17H,1,12,14H2,2-5H3;3-10H,1-2H3;2*1-2H3/b;11-3+;;. The van der Waals surface area contributed by atoms with Crippen LogP contribution in [0.2, 0.25) is 0 Å². The van der Waals surface area contributed by atoms with Crippen molar-refractivity contribution in [2.24, 2.45) is 5.92 Å². The van der Waals surface area contributed by atoms with Crippen molar-refractivity contribution in [3.63, 3.8) is 0 Å². The van der Waals surface area contributed by atoms with Gasteiger partial charge in [0.1, 0.15) is 0 Å². The molecule has 0 amide bonds. The summed E-state index contributed by atoms with van der Waals surface area (Å²) in [5.41, 5.74) is 13.5. The SMILES string of the molecule is C/C=C(\C)c1cccc2ccccc12.C=Cc1cc(C2=CC=C(C(C)C)CC2)cc(C)c1-c1ccccc1C.CC.CC. The van der Waals surface area contributed by atoms with E-state index in [4.69, 9.17) is 0 Å². The van der Waals surface area contributed by atoms with Crippen molar-refractivity contribution in [1.29, 1.82) is 0 Å². The van der Waals surface area contributed by atoms with Crippen molar-refractivity contribution >= 4 is 28.0 Å². The molecule has 4 aromatic rings. The lowest BCUT2D eigenvalue weighted by Crippen LogP contribution is -2.00. The first-order chi connectivity index (χ1) is 20.8. The molecule has 0 N–H and O–H groups in total. The molecule has 4 aromatic carbocycles. The second-order valence-electron chi connectivity index (χ2n) is 10.9. The quantitative estimate of drug-likeness (QED) is 0.224. The van der Waals surface area contributed by atoms with E-state index in [1.165, 1.54) is 67.3 Å². The summed E-state index contributed by atoms with van der Waals surface area (Å²) in [5.74, 6) is 0.645. The lowest BCUT2D eigenvalue weighted by atomic mass is 9.85. The van der Waals surface area contributed by atoms with Crippen LogP contribution < -0.4 is 0 Å². The van der Waals surface area contributed by atoms with Gasteiger partial charge in [-0.3, -0.25) is 0 Å². The van der Waals surface area contributed by atoms with Gasteiger partial charge in [-0.15, -0.1) is 0 Å². The molecule has 0 aromatic heterocycles. The summed E-state index contributed by atoms with van der Waals surface area (Å²) in [6, 6.07) is 28.2. The van der Waals surface area contributed by atoms with Gasteiger partial charge in [0, 0.05) is 0 Å². The maximum Gasteiger partial charge on any atom is -0.00793 e. The zero-order chi connectivity index (χ0) is 31.9. The monoisotopic (exact) mass is 570 g/mol. The number of hydrogen-bond acceptors (Lipinski definition) is 0.